The first kappa shape index (κ1) is 31.6. The van der Waals surface area contributed by atoms with Crippen LogP contribution in [0.2, 0.25) is 0 Å². The first-order valence-electron chi connectivity index (χ1n) is 14.8. The number of hydrogen-bond acceptors (Lipinski definition) is 9. The number of oxazole rings is 1. The maximum absolute atomic E-state index is 13.5. The molecule has 0 saturated heterocycles. The van der Waals surface area contributed by atoms with E-state index in [0.29, 0.717) is 29.3 Å². The number of fused-ring (bicyclic) bond motifs is 4. The Morgan fingerprint density at radius 1 is 1.09 bits per heavy atom. The molecule has 1 aliphatic rings. The molecule has 4 N–H and O–H groups in total. The smallest absolute Gasteiger partial charge is 0.274 e. The lowest BCUT2D eigenvalue weighted by Gasteiger charge is -2.22. The molecule has 0 radical (unpaired) electrons. The average molecular weight is 633 g/mol. The highest BCUT2D eigenvalue weighted by atomic mass is 32.1. The number of aromatic nitrogens is 4. The maximum atomic E-state index is 13.5. The Morgan fingerprint density at radius 3 is 2.62 bits per heavy atom. The molecule has 14 heteroatoms. The van der Waals surface area contributed by atoms with Crippen LogP contribution in [0.4, 0.5) is 0 Å². The van der Waals surface area contributed by atoms with Gasteiger partial charge in [0.2, 0.25) is 11.8 Å². The van der Waals surface area contributed by atoms with Crippen molar-refractivity contribution in [2.45, 2.75) is 52.1 Å². The van der Waals surface area contributed by atoms with Crippen LogP contribution in [0.15, 0.2) is 52.7 Å². The van der Waals surface area contributed by atoms with Crippen molar-refractivity contribution in [3.05, 3.63) is 87.5 Å². The number of carbonyl (C=O) groups excluding carboxylic acids is 4. The van der Waals surface area contributed by atoms with Crippen LogP contribution in [0.25, 0.3) is 0 Å². The number of aromatic amines is 1. The van der Waals surface area contributed by atoms with E-state index in [9.17, 15) is 19.2 Å². The van der Waals surface area contributed by atoms with E-state index in [1.807, 2.05) is 44.2 Å². The fourth-order valence-corrected chi connectivity index (χ4v) is 6.06. The summed E-state index contributed by atoms with van der Waals surface area (Å²) >= 11 is 1.28. The molecule has 4 amide bonds. The van der Waals surface area contributed by atoms with Gasteiger partial charge >= 0.3 is 0 Å². The first-order valence-corrected chi connectivity index (χ1v) is 15.7. The van der Waals surface area contributed by atoms with E-state index in [1.54, 1.807) is 17.2 Å². The minimum absolute atomic E-state index is 0.0484. The van der Waals surface area contributed by atoms with Gasteiger partial charge < -0.3 is 30.3 Å². The van der Waals surface area contributed by atoms with Gasteiger partial charge in [-0.05, 0) is 24.8 Å². The lowest BCUT2D eigenvalue weighted by Crippen LogP contribution is -2.40. The predicted octanol–water partition coefficient (Wildman–Crippen LogP) is 3.36. The van der Waals surface area contributed by atoms with E-state index in [1.165, 1.54) is 23.9 Å². The van der Waals surface area contributed by atoms with E-state index in [4.69, 9.17) is 4.42 Å². The molecule has 1 aromatic carbocycles. The Morgan fingerprint density at radius 2 is 1.89 bits per heavy atom. The number of rotatable bonds is 4. The second-order valence-electron chi connectivity index (χ2n) is 11.1. The van der Waals surface area contributed by atoms with Crippen molar-refractivity contribution in [3.8, 4) is 0 Å². The summed E-state index contributed by atoms with van der Waals surface area (Å²) in [7, 11) is 0. The summed E-state index contributed by atoms with van der Waals surface area (Å²) < 4.78 is 5.98. The number of nitrogens with zero attached hydrogens (tertiary/aromatic N) is 4. The van der Waals surface area contributed by atoms with E-state index in [2.05, 4.69) is 35.9 Å². The second-order valence-corrected chi connectivity index (χ2v) is 12.0. The molecule has 236 valence electrons. The molecule has 4 heterocycles. The Labute approximate surface area is 264 Å². The predicted molar refractivity (Wildman–Crippen MR) is 165 cm³/mol. The van der Waals surface area contributed by atoms with Crippen molar-refractivity contribution in [2.75, 3.05) is 19.6 Å². The van der Waals surface area contributed by atoms with Crippen LogP contribution in [0, 0.1) is 12.8 Å². The molecule has 4 bridgehead atoms. The number of imidazole rings is 1. The molecule has 0 saturated carbocycles. The summed E-state index contributed by atoms with van der Waals surface area (Å²) in [4.78, 5) is 70.2. The molecule has 5 rings (SSSR count). The topological polar surface area (TPSA) is 175 Å². The fraction of sp³-hybridized carbons (Fsp3) is 0.387. The minimum Gasteiger partial charge on any atom is -0.443 e. The lowest BCUT2D eigenvalue weighted by molar-refractivity contribution is -0.122. The van der Waals surface area contributed by atoms with Crippen molar-refractivity contribution in [1.29, 1.82) is 0 Å². The summed E-state index contributed by atoms with van der Waals surface area (Å²) in [5, 5.41) is 11.1. The van der Waals surface area contributed by atoms with Crippen LogP contribution < -0.4 is 16.0 Å². The molecule has 0 spiro atoms. The molecule has 0 aliphatic carbocycles. The zero-order chi connectivity index (χ0) is 31.9. The number of hydrogen-bond donors (Lipinski definition) is 4. The second kappa shape index (κ2) is 14.3. The Hall–Kier alpha value is -4.85. The highest BCUT2D eigenvalue weighted by Crippen LogP contribution is 2.27. The van der Waals surface area contributed by atoms with E-state index in [-0.39, 0.29) is 61.1 Å². The number of H-pyrrole nitrogens is 1. The molecular formula is C31H36N8O5S. The number of benzene rings is 1. The van der Waals surface area contributed by atoms with Crippen LogP contribution in [0.5, 0.6) is 0 Å². The van der Waals surface area contributed by atoms with Crippen LogP contribution >= 0.6 is 11.3 Å². The number of amides is 4. The zero-order valence-electron chi connectivity index (χ0n) is 25.3. The third kappa shape index (κ3) is 7.81. The van der Waals surface area contributed by atoms with Crippen LogP contribution in [0.3, 0.4) is 0 Å². The normalized spacial score (nSPS) is 18.7. The zero-order valence-corrected chi connectivity index (χ0v) is 26.1. The molecular weight excluding hydrogens is 596 g/mol. The van der Waals surface area contributed by atoms with Crippen molar-refractivity contribution in [3.63, 3.8) is 0 Å². The number of carbonyl (C=O) groups is 4. The molecule has 1 aliphatic heterocycles. The van der Waals surface area contributed by atoms with Gasteiger partial charge in [0.1, 0.15) is 28.2 Å². The first-order chi connectivity index (χ1) is 21.7. The van der Waals surface area contributed by atoms with Crippen molar-refractivity contribution >= 4 is 35.0 Å². The fourth-order valence-electron chi connectivity index (χ4n) is 5.03. The van der Waals surface area contributed by atoms with E-state index >= 15 is 0 Å². The van der Waals surface area contributed by atoms with Gasteiger partial charge in [-0.15, -0.1) is 11.3 Å². The van der Waals surface area contributed by atoms with Crippen molar-refractivity contribution in [2.24, 2.45) is 5.92 Å². The largest absolute Gasteiger partial charge is 0.443 e. The summed E-state index contributed by atoms with van der Waals surface area (Å²) in [5.74, 6) is -0.898. The number of thiazole rings is 1. The van der Waals surface area contributed by atoms with Gasteiger partial charge in [0, 0.05) is 37.9 Å². The van der Waals surface area contributed by atoms with Crippen LogP contribution in [-0.4, -0.2) is 68.1 Å². The van der Waals surface area contributed by atoms with Crippen LogP contribution in [0.1, 0.15) is 92.5 Å². The third-order valence-corrected chi connectivity index (χ3v) is 8.36. The third-order valence-electron chi connectivity index (χ3n) is 7.43. The molecule has 13 nitrogen and oxygen atoms in total. The van der Waals surface area contributed by atoms with Crippen molar-refractivity contribution < 1.29 is 23.6 Å². The van der Waals surface area contributed by atoms with Gasteiger partial charge in [0.05, 0.1) is 18.6 Å². The van der Waals surface area contributed by atoms with Gasteiger partial charge in [0.25, 0.3) is 17.7 Å². The van der Waals surface area contributed by atoms with Gasteiger partial charge in [0.15, 0.2) is 5.69 Å². The van der Waals surface area contributed by atoms with Gasteiger partial charge in [-0.2, -0.15) is 0 Å². The van der Waals surface area contributed by atoms with Gasteiger partial charge in [-0.1, -0.05) is 44.2 Å². The molecule has 3 aromatic heterocycles. The average Bonchev–Trinajstić information content (AvgIpc) is 3.80. The Bertz CT molecular complexity index is 1630. The summed E-state index contributed by atoms with van der Waals surface area (Å²) in [6.45, 7) is 6.20. The van der Waals surface area contributed by atoms with Gasteiger partial charge in [-0.3, -0.25) is 19.2 Å². The summed E-state index contributed by atoms with van der Waals surface area (Å²) in [6, 6.07) is 8.49. The minimum atomic E-state index is -0.633. The summed E-state index contributed by atoms with van der Waals surface area (Å²) in [5.41, 5.74) is 1.59. The highest BCUT2D eigenvalue weighted by molar-refractivity contribution is 7.09. The highest BCUT2D eigenvalue weighted by Gasteiger charge is 2.29. The SMILES string of the molecule is Cc1oc2nc1C(=O)N[C@@H](C(C)C)c1nc(cs1)C(=O)NCCN(C(=O)c1cnc[nH]1)CCCC(=O)N[C@H]2Cc1ccccc1. The van der Waals surface area contributed by atoms with E-state index in [0.717, 1.165) is 5.56 Å². The van der Waals surface area contributed by atoms with Crippen LogP contribution in [-0.2, 0) is 11.2 Å². The van der Waals surface area contributed by atoms with Gasteiger partial charge in [-0.25, -0.2) is 15.0 Å². The quantitative estimate of drug-likeness (QED) is 0.265. The Balaban J connectivity index is 1.45. The van der Waals surface area contributed by atoms with Crippen molar-refractivity contribution in [1.82, 2.24) is 40.8 Å². The summed E-state index contributed by atoms with van der Waals surface area (Å²) in [6.07, 6.45) is 3.74. The number of aryl methyl sites for hydroxylation is 1. The standard InChI is InChI=1S/C31H36N8O5S/c1-18(2)25-30-36-23(16-45-30)27(41)33-11-13-39(31(43)22-15-32-17-34-22)12-7-10-24(40)35-21(14-20-8-5-4-6-9-20)29-38-26(19(3)44-29)28(42)37-25/h4-6,8-9,15-18,21,25H,7,10-14H2,1-3H3,(H,32,34)(H,33,41)(H,35,40)(H,37,42)/t21-,25-/m0/s1. The molecule has 0 unspecified atom stereocenters. The molecule has 45 heavy (non-hydrogen) atoms. The molecule has 2 atom stereocenters. The molecule has 0 fully saturated rings. The number of nitrogens with one attached hydrogen (secondary N) is 4. The molecule has 4 aromatic rings. The monoisotopic (exact) mass is 632 g/mol. The Kier molecular flexibility index (Phi) is 10.0. The maximum Gasteiger partial charge on any atom is 0.274 e. The van der Waals surface area contributed by atoms with E-state index < -0.39 is 23.9 Å². The lowest BCUT2D eigenvalue weighted by atomic mass is 10.0.